The Morgan fingerprint density at radius 1 is 0.867 bits per heavy atom. The van der Waals surface area contributed by atoms with Gasteiger partial charge in [-0.05, 0) is 19.3 Å². The summed E-state index contributed by atoms with van der Waals surface area (Å²) in [5.74, 6) is -5.92. The summed E-state index contributed by atoms with van der Waals surface area (Å²) in [6.45, 7) is 4.04. The van der Waals surface area contributed by atoms with Crippen molar-refractivity contribution >= 4 is 29.7 Å². The quantitative estimate of drug-likeness (QED) is 0.144. The second-order valence-corrected chi connectivity index (χ2v) is 7.20. The third kappa shape index (κ3) is 9.62. The van der Waals surface area contributed by atoms with Gasteiger partial charge in [0.25, 0.3) is 0 Å². The Labute approximate surface area is 173 Å². The molecular formula is C17H30N4O9. The first-order valence-electron chi connectivity index (χ1n) is 9.20. The lowest BCUT2D eigenvalue weighted by Crippen LogP contribution is -2.60. The Morgan fingerprint density at radius 3 is 1.80 bits per heavy atom. The molecule has 0 aromatic heterocycles. The van der Waals surface area contributed by atoms with Crippen molar-refractivity contribution in [3.63, 3.8) is 0 Å². The Balaban J connectivity index is 5.40. The minimum absolute atomic E-state index is 0.0721. The lowest BCUT2D eigenvalue weighted by molar-refractivity contribution is -0.148. The van der Waals surface area contributed by atoms with E-state index in [-0.39, 0.29) is 12.3 Å². The predicted molar refractivity (Wildman–Crippen MR) is 102 cm³/mol. The Morgan fingerprint density at radius 2 is 1.40 bits per heavy atom. The number of aliphatic hydroxyl groups is 2. The van der Waals surface area contributed by atoms with E-state index < -0.39 is 73.0 Å². The molecule has 13 heteroatoms. The van der Waals surface area contributed by atoms with Crippen molar-refractivity contribution in [2.45, 2.75) is 63.9 Å². The highest BCUT2D eigenvalue weighted by molar-refractivity contribution is 5.94. The van der Waals surface area contributed by atoms with E-state index in [1.165, 1.54) is 0 Å². The SMILES string of the molecule is CC(C)CC(NC(=O)C(N)CO)C(=O)NC(C(=O)NC(CC(=O)O)C(=O)O)C(C)O. The van der Waals surface area contributed by atoms with E-state index >= 15 is 0 Å². The molecule has 0 rings (SSSR count). The number of rotatable bonds is 13. The number of carbonyl (C=O) groups excluding carboxylic acids is 3. The highest BCUT2D eigenvalue weighted by Gasteiger charge is 2.33. The first-order valence-corrected chi connectivity index (χ1v) is 9.20. The average Bonchev–Trinajstić information content (AvgIpc) is 2.62. The van der Waals surface area contributed by atoms with Gasteiger partial charge in [-0.2, -0.15) is 0 Å². The number of nitrogens with two attached hydrogens (primary N) is 1. The molecule has 0 aliphatic carbocycles. The molecule has 9 N–H and O–H groups in total. The fraction of sp³-hybridized carbons (Fsp3) is 0.706. The Bertz CT molecular complexity index is 639. The van der Waals surface area contributed by atoms with E-state index in [0.717, 1.165) is 6.92 Å². The smallest absolute Gasteiger partial charge is 0.326 e. The summed E-state index contributed by atoms with van der Waals surface area (Å²) in [7, 11) is 0. The van der Waals surface area contributed by atoms with E-state index in [9.17, 15) is 29.1 Å². The van der Waals surface area contributed by atoms with Crippen LogP contribution in [-0.2, 0) is 24.0 Å². The molecule has 5 atom stereocenters. The first kappa shape index (κ1) is 27.2. The van der Waals surface area contributed by atoms with Gasteiger partial charge in [0.1, 0.15) is 24.2 Å². The van der Waals surface area contributed by atoms with Gasteiger partial charge in [-0.15, -0.1) is 0 Å². The average molecular weight is 434 g/mol. The Kier molecular flexibility index (Phi) is 11.5. The van der Waals surface area contributed by atoms with Gasteiger partial charge in [-0.25, -0.2) is 4.79 Å². The highest BCUT2D eigenvalue weighted by Crippen LogP contribution is 2.07. The van der Waals surface area contributed by atoms with E-state index in [1.54, 1.807) is 13.8 Å². The van der Waals surface area contributed by atoms with Crippen LogP contribution in [0.4, 0.5) is 0 Å². The van der Waals surface area contributed by atoms with Crippen molar-refractivity contribution in [3.05, 3.63) is 0 Å². The summed E-state index contributed by atoms with van der Waals surface area (Å²) in [6.07, 6.45) is -2.24. The van der Waals surface area contributed by atoms with Gasteiger partial charge < -0.3 is 42.1 Å². The number of hydrogen-bond acceptors (Lipinski definition) is 8. The van der Waals surface area contributed by atoms with Gasteiger partial charge in [0.05, 0.1) is 19.1 Å². The normalized spacial score (nSPS) is 16.0. The maximum Gasteiger partial charge on any atom is 0.326 e. The molecule has 13 nitrogen and oxygen atoms in total. The zero-order valence-corrected chi connectivity index (χ0v) is 17.0. The van der Waals surface area contributed by atoms with Crippen LogP contribution in [0.5, 0.6) is 0 Å². The number of carboxylic acid groups (broad SMARTS) is 2. The van der Waals surface area contributed by atoms with Gasteiger partial charge in [0.15, 0.2) is 0 Å². The van der Waals surface area contributed by atoms with Crippen molar-refractivity contribution in [2.75, 3.05) is 6.61 Å². The van der Waals surface area contributed by atoms with Crippen LogP contribution in [0.15, 0.2) is 0 Å². The summed E-state index contributed by atoms with van der Waals surface area (Å²) in [5, 5.41) is 43.1. The van der Waals surface area contributed by atoms with E-state index in [2.05, 4.69) is 10.6 Å². The van der Waals surface area contributed by atoms with Crippen LogP contribution >= 0.6 is 0 Å². The number of carbonyl (C=O) groups is 5. The standard InChI is InChI=1S/C17H30N4O9/c1-7(2)4-10(19-14(26)9(18)6-22)15(27)21-13(8(3)23)16(28)20-11(17(29)30)5-12(24)25/h7-11,13,22-23H,4-6,18H2,1-3H3,(H,19,26)(H,20,28)(H,21,27)(H,24,25)(H,29,30). The van der Waals surface area contributed by atoms with Crippen LogP contribution < -0.4 is 21.7 Å². The second kappa shape index (κ2) is 12.7. The van der Waals surface area contributed by atoms with Crippen LogP contribution in [0.25, 0.3) is 0 Å². The molecule has 0 bridgehead atoms. The molecule has 0 saturated carbocycles. The lowest BCUT2D eigenvalue weighted by atomic mass is 10.0. The third-order valence-corrected chi connectivity index (χ3v) is 3.93. The van der Waals surface area contributed by atoms with Gasteiger partial charge in [0, 0.05) is 0 Å². The zero-order valence-electron chi connectivity index (χ0n) is 17.0. The van der Waals surface area contributed by atoms with E-state index in [4.69, 9.17) is 21.1 Å². The molecule has 0 aromatic carbocycles. The van der Waals surface area contributed by atoms with Crippen LogP contribution in [0.1, 0.15) is 33.6 Å². The molecule has 30 heavy (non-hydrogen) atoms. The summed E-state index contributed by atoms with van der Waals surface area (Å²) >= 11 is 0. The van der Waals surface area contributed by atoms with Crippen LogP contribution in [0.2, 0.25) is 0 Å². The molecule has 3 amide bonds. The molecule has 0 fully saturated rings. The fourth-order valence-corrected chi connectivity index (χ4v) is 2.36. The summed E-state index contributed by atoms with van der Waals surface area (Å²) in [5.41, 5.74) is 5.41. The third-order valence-electron chi connectivity index (χ3n) is 3.93. The number of aliphatic carboxylic acids is 2. The fourth-order valence-electron chi connectivity index (χ4n) is 2.36. The molecule has 172 valence electrons. The molecule has 0 radical (unpaired) electrons. The molecule has 5 unspecified atom stereocenters. The summed E-state index contributed by atoms with van der Waals surface area (Å²) < 4.78 is 0. The van der Waals surface area contributed by atoms with Gasteiger partial charge in [0.2, 0.25) is 17.7 Å². The van der Waals surface area contributed by atoms with Gasteiger partial charge >= 0.3 is 11.9 Å². The number of amides is 3. The molecular weight excluding hydrogens is 404 g/mol. The van der Waals surface area contributed by atoms with Crippen LogP contribution in [0, 0.1) is 5.92 Å². The van der Waals surface area contributed by atoms with Crippen LogP contribution in [-0.4, -0.2) is 87.0 Å². The maximum absolute atomic E-state index is 12.6. The number of aliphatic hydroxyl groups excluding tert-OH is 2. The van der Waals surface area contributed by atoms with Crippen molar-refractivity contribution in [1.82, 2.24) is 16.0 Å². The molecule has 0 aliphatic rings. The maximum atomic E-state index is 12.6. The molecule has 0 saturated heterocycles. The number of hydrogen-bond donors (Lipinski definition) is 8. The molecule has 0 aliphatic heterocycles. The zero-order chi connectivity index (χ0) is 23.6. The van der Waals surface area contributed by atoms with E-state index in [0.29, 0.717) is 0 Å². The van der Waals surface area contributed by atoms with Crippen molar-refractivity contribution < 1.29 is 44.4 Å². The largest absolute Gasteiger partial charge is 0.481 e. The molecule has 0 aromatic rings. The minimum Gasteiger partial charge on any atom is -0.481 e. The van der Waals surface area contributed by atoms with Crippen molar-refractivity contribution in [3.8, 4) is 0 Å². The minimum atomic E-state index is -1.78. The lowest BCUT2D eigenvalue weighted by Gasteiger charge is -2.27. The van der Waals surface area contributed by atoms with E-state index in [1.807, 2.05) is 5.32 Å². The van der Waals surface area contributed by atoms with Crippen molar-refractivity contribution in [1.29, 1.82) is 0 Å². The number of nitrogens with one attached hydrogen (secondary N) is 3. The number of carboxylic acids is 2. The summed E-state index contributed by atoms with van der Waals surface area (Å²) in [6, 6.07) is -5.82. The second-order valence-electron chi connectivity index (χ2n) is 7.20. The van der Waals surface area contributed by atoms with Crippen molar-refractivity contribution in [2.24, 2.45) is 11.7 Å². The highest BCUT2D eigenvalue weighted by atomic mass is 16.4. The topological polar surface area (TPSA) is 228 Å². The Hall–Kier alpha value is -2.77. The van der Waals surface area contributed by atoms with Gasteiger partial charge in [-0.3, -0.25) is 19.2 Å². The first-order chi connectivity index (χ1) is 13.8. The predicted octanol–water partition coefficient (Wildman–Crippen LogP) is -3.25. The van der Waals surface area contributed by atoms with Gasteiger partial charge in [-0.1, -0.05) is 13.8 Å². The molecule has 0 heterocycles. The summed E-state index contributed by atoms with van der Waals surface area (Å²) in [4.78, 5) is 58.8. The monoisotopic (exact) mass is 434 g/mol. The molecule has 0 spiro atoms. The van der Waals surface area contributed by atoms with Crippen LogP contribution in [0.3, 0.4) is 0 Å².